The van der Waals surface area contributed by atoms with E-state index < -0.39 is 0 Å². The van der Waals surface area contributed by atoms with Crippen LogP contribution in [0, 0.1) is 18.8 Å². The van der Waals surface area contributed by atoms with Gasteiger partial charge in [0.2, 0.25) is 0 Å². The van der Waals surface area contributed by atoms with Crippen LogP contribution < -0.4 is 5.32 Å². The molecule has 1 aromatic carbocycles. The van der Waals surface area contributed by atoms with Crippen molar-refractivity contribution < 1.29 is 9.90 Å². The van der Waals surface area contributed by atoms with E-state index in [1.54, 1.807) is 6.07 Å². The number of benzene rings is 1. The lowest BCUT2D eigenvalue weighted by atomic mass is 10.0. The van der Waals surface area contributed by atoms with Crippen molar-refractivity contribution >= 4 is 5.91 Å². The van der Waals surface area contributed by atoms with Crippen LogP contribution in [0.1, 0.15) is 34.3 Å². The van der Waals surface area contributed by atoms with Crippen molar-refractivity contribution in [3.05, 3.63) is 34.9 Å². The summed E-state index contributed by atoms with van der Waals surface area (Å²) in [5.74, 6) is 5.42. The number of likely N-dealkylation sites (N-methyl/N-ethyl adjacent to an activating group) is 1. The van der Waals surface area contributed by atoms with Crippen LogP contribution in [-0.2, 0) is 0 Å². The number of hydrogen-bond donors (Lipinski definition) is 2. The third kappa shape index (κ3) is 4.59. The fourth-order valence-electron chi connectivity index (χ4n) is 2.68. The maximum absolute atomic E-state index is 12.4. The molecule has 0 saturated carbocycles. The van der Waals surface area contributed by atoms with Crippen molar-refractivity contribution in [3.63, 3.8) is 0 Å². The van der Waals surface area contributed by atoms with Crippen molar-refractivity contribution in [2.75, 3.05) is 26.7 Å². The fraction of sp³-hybridized carbons (Fsp3) is 0.471. The molecular formula is C17H22N2O2. The van der Waals surface area contributed by atoms with Crippen molar-refractivity contribution in [1.29, 1.82) is 0 Å². The van der Waals surface area contributed by atoms with Crippen LogP contribution in [0.15, 0.2) is 18.2 Å². The van der Waals surface area contributed by atoms with E-state index >= 15 is 0 Å². The number of nitrogens with zero attached hydrogens (tertiary/aromatic N) is 1. The summed E-state index contributed by atoms with van der Waals surface area (Å²) in [6.07, 6.45) is 2.14. The molecule has 1 atom stereocenters. The number of aryl methyl sites for hydroxylation is 1. The number of nitrogens with one attached hydrogen (secondary N) is 1. The van der Waals surface area contributed by atoms with E-state index in [0.717, 1.165) is 37.1 Å². The standard InChI is InChI=1S/C17H22N2O2/c1-13-9-14(5-4-8-20)11-15(10-13)17(21)18-16-6-3-7-19(2)12-16/h9-11,16,20H,3,6-8,12H2,1-2H3,(H,18,21). The summed E-state index contributed by atoms with van der Waals surface area (Å²) in [7, 11) is 2.08. The zero-order chi connectivity index (χ0) is 15.2. The molecule has 1 saturated heterocycles. The van der Waals surface area contributed by atoms with Crippen LogP contribution in [0.3, 0.4) is 0 Å². The number of rotatable bonds is 2. The number of amides is 1. The molecule has 4 nitrogen and oxygen atoms in total. The minimum absolute atomic E-state index is 0.0500. The third-order valence-electron chi connectivity index (χ3n) is 3.61. The predicted molar refractivity (Wildman–Crippen MR) is 83.1 cm³/mol. The molecule has 1 unspecified atom stereocenters. The monoisotopic (exact) mass is 286 g/mol. The quantitative estimate of drug-likeness (QED) is 0.802. The van der Waals surface area contributed by atoms with Gasteiger partial charge in [-0.05, 0) is 57.1 Å². The number of carbonyl (C=O) groups excluding carboxylic acids is 1. The van der Waals surface area contributed by atoms with Crippen LogP contribution >= 0.6 is 0 Å². The summed E-state index contributed by atoms with van der Waals surface area (Å²) in [5, 5.41) is 11.9. The van der Waals surface area contributed by atoms with Gasteiger partial charge < -0.3 is 15.3 Å². The number of hydrogen-bond acceptors (Lipinski definition) is 3. The van der Waals surface area contributed by atoms with E-state index in [2.05, 4.69) is 29.1 Å². The maximum atomic E-state index is 12.4. The first-order chi connectivity index (χ1) is 10.1. The fourth-order valence-corrected chi connectivity index (χ4v) is 2.68. The van der Waals surface area contributed by atoms with Gasteiger partial charge in [-0.1, -0.05) is 11.8 Å². The van der Waals surface area contributed by atoms with E-state index in [0.29, 0.717) is 5.56 Å². The molecule has 1 fully saturated rings. The first-order valence-corrected chi connectivity index (χ1v) is 7.29. The molecule has 0 spiro atoms. The molecule has 2 N–H and O–H groups in total. The minimum atomic E-state index is -0.177. The van der Waals surface area contributed by atoms with Gasteiger partial charge in [0.1, 0.15) is 6.61 Å². The number of likely N-dealkylation sites (tertiary alicyclic amines) is 1. The van der Waals surface area contributed by atoms with Gasteiger partial charge in [0.05, 0.1) is 0 Å². The Morgan fingerprint density at radius 1 is 1.48 bits per heavy atom. The SMILES string of the molecule is Cc1cc(C#CCO)cc(C(=O)NC2CCCN(C)C2)c1. The molecule has 1 heterocycles. The van der Waals surface area contributed by atoms with E-state index in [4.69, 9.17) is 5.11 Å². The second-order valence-corrected chi connectivity index (χ2v) is 5.62. The highest BCUT2D eigenvalue weighted by atomic mass is 16.2. The molecule has 0 aromatic heterocycles. The molecule has 4 heteroatoms. The highest BCUT2D eigenvalue weighted by molar-refractivity contribution is 5.95. The molecule has 0 radical (unpaired) electrons. The second kappa shape index (κ2) is 7.26. The smallest absolute Gasteiger partial charge is 0.251 e. The molecule has 1 aliphatic rings. The number of aliphatic hydroxyl groups is 1. The van der Waals surface area contributed by atoms with Crippen LogP contribution in [0.5, 0.6) is 0 Å². The van der Waals surface area contributed by atoms with Crippen LogP contribution in [0.25, 0.3) is 0 Å². The number of aliphatic hydroxyl groups excluding tert-OH is 1. The van der Waals surface area contributed by atoms with Gasteiger partial charge in [0, 0.05) is 23.7 Å². The lowest BCUT2D eigenvalue weighted by molar-refractivity contribution is 0.0912. The van der Waals surface area contributed by atoms with Gasteiger partial charge in [-0.15, -0.1) is 0 Å². The van der Waals surface area contributed by atoms with E-state index in [-0.39, 0.29) is 18.6 Å². The molecular weight excluding hydrogens is 264 g/mol. The summed E-state index contributed by atoms with van der Waals surface area (Å²) in [6.45, 7) is 3.76. The lowest BCUT2D eigenvalue weighted by Crippen LogP contribution is -2.46. The van der Waals surface area contributed by atoms with Crippen molar-refractivity contribution in [2.45, 2.75) is 25.8 Å². The van der Waals surface area contributed by atoms with Gasteiger partial charge in [-0.2, -0.15) is 0 Å². The Bertz CT molecular complexity index is 572. The Hall–Kier alpha value is -1.83. The molecule has 2 rings (SSSR count). The van der Waals surface area contributed by atoms with Crippen LogP contribution in [-0.4, -0.2) is 48.7 Å². The first kappa shape index (κ1) is 15.6. The van der Waals surface area contributed by atoms with Crippen molar-refractivity contribution in [1.82, 2.24) is 10.2 Å². The van der Waals surface area contributed by atoms with Gasteiger partial charge in [-0.25, -0.2) is 0 Å². The van der Waals surface area contributed by atoms with E-state index in [1.165, 1.54) is 0 Å². The summed E-state index contributed by atoms with van der Waals surface area (Å²) < 4.78 is 0. The first-order valence-electron chi connectivity index (χ1n) is 7.29. The van der Waals surface area contributed by atoms with Gasteiger partial charge in [0.25, 0.3) is 5.91 Å². The normalized spacial score (nSPS) is 18.7. The zero-order valence-electron chi connectivity index (χ0n) is 12.6. The average Bonchev–Trinajstić information content (AvgIpc) is 2.44. The highest BCUT2D eigenvalue weighted by Crippen LogP contribution is 2.12. The van der Waals surface area contributed by atoms with Gasteiger partial charge in [-0.3, -0.25) is 4.79 Å². The van der Waals surface area contributed by atoms with Gasteiger partial charge in [0.15, 0.2) is 0 Å². The predicted octanol–water partition coefficient (Wildman–Crippen LogP) is 1.16. The Morgan fingerprint density at radius 3 is 3.00 bits per heavy atom. The maximum Gasteiger partial charge on any atom is 0.251 e. The molecule has 112 valence electrons. The zero-order valence-corrected chi connectivity index (χ0v) is 12.6. The number of carbonyl (C=O) groups is 1. The molecule has 0 aliphatic carbocycles. The van der Waals surface area contributed by atoms with Gasteiger partial charge >= 0.3 is 0 Å². The summed E-state index contributed by atoms with van der Waals surface area (Å²) >= 11 is 0. The van der Waals surface area contributed by atoms with E-state index in [1.807, 2.05) is 19.1 Å². The van der Waals surface area contributed by atoms with Crippen molar-refractivity contribution in [3.8, 4) is 11.8 Å². The Labute approximate surface area is 126 Å². The molecule has 1 aromatic rings. The minimum Gasteiger partial charge on any atom is -0.384 e. The van der Waals surface area contributed by atoms with E-state index in [9.17, 15) is 4.79 Å². The largest absolute Gasteiger partial charge is 0.384 e. The summed E-state index contributed by atoms with van der Waals surface area (Å²) in [6, 6.07) is 5.76. The second-order valence-electron chi connectivity index (χ2n) is 5.62. The Kier molecular flexibility index (Phi) is 5.38. The number of piperidine rings is 1. The Balaban J connectivity index is 2.09. The molecule has 21 heavy (non-hydrogen) atoms. The molecule has 1 amide bonds. The highest BCUT2D eigenvalue weighted by Gasteiger charge is 2.19. The third-order valence-corrected chi connectivity index (χ3v) is 3.61. The lowest BCUT2D eigenvalue weighted by Gasteiger charge is -2.30. The summed E-state index contributed by atoms with van der Waals surface area (Å²) in [4.78, 5) is 14.6. The summed E-state index contributed by atoms with van der Waals surface area (Å²) in [5.41, 5.74) is 2.38. The molecule has 1 aliphatic heterocycles. The topological polar surface area (TPSA) is 52.6 Å². The Morgan fingerprint density at radius 2 is 2.29 bits per heavy atom. The van der Waals surface area contributed by atoms with Crippen LogP contribution in [0.4, 0.5) is 0 Å². The average molecular weight is 286 g/mol. The molecule has 0 bridgehead atoms. The van der Waals surface area contributed by atoms with Crippen LogP contribution in [0.2, 0.25) is 0 Å². The van der Waals surface area contributed by atoms with Crippen molar-refractivity contribution in [2.24, 2.45) is 0 Å².